The van der Waals surface area contributed by atoms with Crippen LogP contribution in [0.15, 0.2) is 0 Å². The summed E-state index contributed by atoms with van der Waals surface area (Å²) < 4.78 is 0. The molecule has 0 spiro atoms. The molecule has 1 N–H and O–H groups in total. The molecule has 1 heteroatoms. The van der Waals surface area contributed by atoms with Gasteiger partial charge in [-0.2, -0.15) is 0 Å². The average molecular weight is 154 g/mol. The lowest BCUT2D eigenvalue weighted by molar-refractivity contribution is -0.00752. The third-order valence-corrected chi connectivity index (χ3v) is 2.08. The van der Waals surface area contributed by atoms with Crippen LogP contribution in [0, 0.1) is 17.3 Å². The highest BCUT2D eigenvalue weighted by atomic mass is 16.3. The lowest BCUT2D eigenvalue weighted by Gasteiger charge is -2.35. The van der Waals surface area contributed by atoms with Gasteiger partial charge in [-0.3, -0.25) is 0 Å². The van der Waals surface area contributed by atoms with Crippen molar-refractivity contribution >= 4 is 0 Å². The van der Waals surface area contributed by atoms with Crippen LogP contribution in [-0.2, 0) is 0 Å². The summed E-state index contributed by atoms with van der Waals surface area (Å²) in [5.74, 6) is 5.62. The van der Waals surface area contributed by atoms with Crippen LogP contribution in [0.3, 0.4) is 0 Å². The molecule has 0 aliphatic rings. The van der Waals surface area contributed by atoms with Crippen LogP contribution in [0.5, 0.6) is 0 Å². The molecule has 0 aromatic rings. The predicted octanol–water partition coefficient (Wildman–Crippen LogP) is 2.20. The molecule has 0 heterocycles. The molecule has 64 valence electrons. The van der Waals surface area contributed by atoms with Crippen molar-refractivity contribution in [3.63, 3.8) is 0 Å². The van der Waals surface area contributed by atoms with Gasteiger partial charge in [0.05, 0.1) is 0 Å². The molecule has 0 aliphatic heterocycles. The minimum Gasteiger partial charge on any atom is -0.377 e. The second-order valence-corrected chi connectivity index (χ2v) is 3.84. The van der Waals surface area contributed by atoms with E-state index in [9.17, 15) is 5.11 Å². The monoisotopic (exact) mass is 154 g/mol. The number of hydrogen-bond donors (Lipinski definition) is 1. The summed E-state index contributed by atoms with van der Waals surface area (Å²) in [6.07, 6.45) is 0.678. The molecule has 0 aromatic heterocycles. The van der Waals surface area contributed by atoms with E-state index in [1.165, 1.54) is 0 Å². The van der Waals surface area contributed by atoms with Crippen molar-refractivity contribution in [1.29, 1.82) is 0 Å². The fourth-order valence-electron chi connectivity index (χ4n) is 1.01. The molecule has 0 aromatic carbocycles. The fraction of sp³-hybridized carbons (Fsp3) is 0.800. The zero-order chi connectivity index (χ0) is 9.12. The summed E-state index contributed by atoms with van der Waals surface area (Å²) in [5.41, 5.74) is -0.994. The number of rotatable bonds is 1. The lowest BCUT2D eigenvalue weighted by Crippen LogP contribution is -2.40. The Morgan fingerprint density at radius 2 is 1.73 bits per heavy atom. The van der Waals surface area contributed by atoms with Gasteiger partial charge < -0.3 is 5.11 Å². The van der Waals surface area contributed by atoms with Crippen molar-refractivity contribution < 1.29 is 5.11 Å². The van der Waals surface area contributed by atoms with E-state index in [-0.39, 0.29) is 5.41 Å². The first-order valence-electron chi connectivity index (χ1n) is 4.03. The highest BCUT2D eigenvalue weighted by Crippen LogP contribution is 2.32. The molecule has 0 saturated heterocycles. The Labute approximate surface area is 69.8 Å². The first-order chi connectivity index (χ1) is 4.87. The normalized spacial score (nSPS) is 16.5. The molecule has 0 saturated carbocycles. The molecule has 1 nitrogen and oxygen atoms in total. The van der Waals surface area contributed by atoms with Gasteiger partial charge in [0, 0.05) is 5.41 Å². The van der Waals surface area contributed by atoms with Gasteiger partial charge in [-0.25, -0.2) is 0 Å². The third kappa shape index (κ3) is 2.24. The summed E-state index contributed by atoms with van der Waals surface area (Å²) >= 11 is 0. The van der Waals surface area contributed by atoms with Gasteiger partial charge in [-0.15, -0.1) is 5.92 Å². The highest BCUT2D eigenvalue weighted by Gasteiger charge is 2.36. The third-order valence-electron chi connectivity index (χ3n) is 2.08. The molecule has 1 atom stereocenters. The molecule has 0 aliphatic carbocycles. The van der Waals surface area contributed by atoms with E-state index < -0.39 is 5.60 Å². The highest BCUT2D eigenvalue weighted by molar-refractivity contribution is 5.16. The molecular formula is C10H18O. The lowest BCUT2D eigenvalue weighted by atomic mass is 9.75. The van der Waals surface area contributed by atoms with Gasteiger partial charge in [0.25, 0.3) is 0 Å². The summed E-state index contributed by atoms with van der Waals surface area (Å²) in [4.78, 5) is 0. The maximum absolute atomic E-state index is 9.98. The molecule has 0 amide bonds. The second kappa shape index (κ2) is 3.28. The maximum atomic E-state index is 9.98. The van der Waals surface area contributed by atoms with Crippen LogP contribution in [0.2, 0.25) is 0 Å². The van der Waals surface area contributed by atoms with Crippen LogP contribution in [0.4, 0.5) is 0 Å². The van der Waals surface area contributed by atoms with E-state index >= 15 is 0 Å². The molecule has 0 radical (unpaired) electrons. The zero-order valence-corrected chi connectivity index (χ0v) is 8.15. The standard InChI is InChI=1S/C10H18O/c1-6-8-10(11,7-2)9(3,4)5/h11H,7H2,1-5H3. The average Bonchev–Trinajstić information content (AvgIpc) is 1.86. The topological polar surface area (TPSA) is 20.2 Å². The Kier molecular flexibility index (Phi) is 3.13. The summed E-state index contributed by atoms with van der Waals surface area (Å²) in [5, 5.41) is 9.98. The van der Waals surface area contributed by atoms with Gasteiger partial charge in [-0.05, 0) is 13.3 Å². The van der Waals surface area contributed by atoms with E-state index in [0.717, 1.165) is 0 Å². The predicted molar refractivity (Wildman–Crippen MR) is 48.1 cm³/mol. The van der Waals surface area contributed by atoms with Crippen LogP contribution >= 0.6 is 0 Å². The molecule has 0 fully saturated rings. The number of hydrogen-bond acceptors (Lipinski definition) is 1. The SMILES string of the molecule is CC#CC(O)(CC)C(C)(C)C. The van der Waals surface area contributed by atoms with Crippen molar-refractivity contribution in [3.8, 4) is 11.8 Å². The Morgan fingerprint density at radius 1 is 1.27 bits per heavy atom. The van der Waals surface area contributed by atoms with Crippen molar-refractivity contribution in [1.82, 2.24) is 0 Å². The van der Waals surface area contributed by atoms with E-state index in [1.54, 1.807) is 6.92 Å². The minimum absolute atomic E-state index is 0.162. The summed E-state index contributed by atoms with van der Waals surface area (Å²) in [7, 11) is 0. The van der Waals surface area contributed by atoms with E-state index in [4.69, 9.17) is 0 Å². The smallest absolute Gasteiger partial charge is 0.130 e. The van der Waals surface area contributed by atoms with E-state index in [1.807, 2.05) is 27.7 Å². The first-order valence-corrected chi connectivity index (χ1v) is 4.03. The van der Waals surface area contributed by atoms with Crippen LogP contribution < -0.4 is 0 Å². The first kappa shape index (κ1) is 10.5. The Bertz CT molecular complexity index is 177. The molecule has 1 unspecified atom stereocenters. The van der Waals surface area contributed by atoms with Crippen LogP contribution in [-0.4, -0.2) is 10.7 Å². The van der Waals surface area contributed by atoms with E-state index in [2.05, 4.69) is 11.8 Å². The molecule has 0 rings (SSSR count). The molecular weight excluding hydrogens is 136 g/mol. The quantitative estimate of drug-likeness (QED) is 0.574. The van der Waals surface area contributed by atoms with Crippen molar-refractivity contribution in [2.45, 2.75) is 46.6 Å². The zero-order valence-electron chi connectivity index (χ0n) is 8.15. The number of aliphatic hydroxyl groups is 1. The van der Waals surface area contributed by atoms with Gasteiger partial charge in [0.2, 0.25) is 0 Å². The molecule has 11 heavy (non-hydrogen) atoms. The van der Waals surface area contributed by atoms with E-state index in [0.29, 0.717) is 6.42 Å². The van der Waals surface area contributed by atoms with Gasteiger partial charge in [0.1, 0.15) is 5.60 Å². The van der Waals surface area contributed by atoms with Gasteiger partial charge in [0.15, 0.2) is 0 Å². The van der Waals surface area contributed by atoms with Crippen molar-refractivity contribution in [3.05, 3.63) is 0 Å². The fourth-order valence-corrected chi connectivity index (χ4v) is 1.01. The molecule has 0 bridgehead atoms. The Balaban J connectivity index is 4.70. The van der Waals surface area contributed by atoms with Gasteiger partial charge >= 0.3 is 0 Å². The van der Waals surface area contributed by atoms with Crippen LogP contribution in [0.25, 0.3) is 0 Å². The largest absolute Gasteiger partial charge is 0.377 e. The van der Waals surface area contributed by atoms with Crippen molar-refractivity contribution in [2.24, 2.45) is 5.41 Å². The minimum atomic E-state index is -0.832. The maximum Gasteiger partial charge on any atom is 0.130 e. The summed E-state index contributed by atoms with van der Waals surface area (Å²) in [6, 6.07) is 0. The Morgan fingerprint density at radius 3 is 1.82 bits per heavy atom. The second-order valence-electron chi connectivity index (χ2n) is 3.84. The summed E-state index contributed by atoms with van der Waals surface area (Å²) in [6.45, 7) is 9.71. The van der Waals surface area contributed by atoms with Crippen molar-refractivity contribution in [2.75, 3.05) is 0 Å². The Hall–Kier alpha value is -0.480. The van der Waals surface area contributed by atoms with Crippen LogP contribution in [0.1, 0.15) is 41.0 Å². The van der Waals surface area contributed by atoms with Gasteiger partial charge in [-0.1, -0.05) is 33.6 Å².